The third-order valence-electron chi connectivity index (χ3n) is 1.86. The maximum Gasteiger partial charge on any atom is 0.339 e. The standard InChI is InChI=1S/C10H7Br2NO2/c1-15-10(14)8-3-9(12)6(4-11)2-7(8)5-13/h2-3H,4H2,1H3. The van der Waals surface area contributed by atoms with Gasteiger partial charge in [-0.15, -0.1) is 0 Å². The lowest BCUT2D eigenvalue weighted by Crippen LogP contribution is -2.05. The average molecular weight is 333 g/mol. The molecule has 0 radical (unpaired) electrons. The molecule has 0 spiro atoms. The van der Waals surface area contributed by atoms with Gasteiger partial charge >= 0.3 is 5.97 Å². The summed E-state index contributed by atoms with van der Waals surface area (Å²) in [6.45, 7) is 0. The third-order valence-corrected chi connectivity index (χ3v) is 3.20. The molecule has 3 nitrogen and oxygen atoms in total. The van der Waals surface area contributed by atoms with Gasteiger partial charge < -0.3 is 4.74 Å². The molecule has 0 N–H and O–H groups in total. The highest BCUT2D eigenvalue weighted by Crippen LogP contribution is 2.24. The number of hydrogen-bond acceptors (Lipinski definition) is 3. The predicted octanol–water partition coefficient (Wildman–Crippen LogP) is 3.00. The first-order chi connectivity index (χ1) is 7.13. The van der Waals surface area contributed by atoms with Gasteiger partial charge in [-0.2, -0.15) is 5.26 Å². The van der Waals surface area contributed by atoms with E-state index in [1.54, 1.807) is 12.1 Å². The van der Waals surface area contributed by atoms with Gasteiger partial charge in [-0.1, -0.05) is 31.9 Å². The first kappa shape index (κ1) is 12.2. The number of rotatable bonds is 2. The number of hydrogen-bond donors (Lipinski definition) is 0. The van der Waals surface area contributed by atoms with Crippen molar-refractivity contribution >= 4 is 37.8 Å². The molecule has 15 heavy (non-hydrogen) atoms. The molecule has 1 aromatic carbocycles. The number of nitriles is 1. The summed E-state index contributed by atoms with van der Waals surface area (Å²) < 4.78 is 5.36. The van der Waals surface area contributed by atoms with Gasteiger partial charge in [0.15, 0.2) is 0 Å². The van der Waals surface area contributed by atoms with E-state index < -0.39 is 5.97 Å². The summed E-state index contributed by atoms with van der Waals surface area (Å²) in [4.78, 5) is 11.3. The number of benzene rings is 1. The van der Waals surface area contributed by atoms with Crippen LogP contribution in [0.15, 0.2) is 16.6 Å². The minimum atomic E-state index is -0.506. The van der Waals surface area contributed by atoms with E-state index in [9.17, 15) is 4.79 Å². The second kappa shape index (κ2) is 5.29. The van der Waals surface area contributed by atoms with Crippen LogP contribution in [0.4, 0.5) is 0 Å². The van der Waals surface area contributed by atoms with Crippen LogP contribution in [-0.4, -0.2) is 13.1 Å². The van der Waals surface area contributed by atoms with Gasteiger partial charge in [-0.3, -0.25) is 0 Å². The minimum absolute atomic E-state index is 0.275. The Kier molecular flexibility index (Phi) is 4.30. The Morgan fingerprint density at radius 2 is 2.27 bits per heavy atom. The van der Waals surface area contributed by atoms with E-state index in [1.165, 1.54) is 7.11 Å². The van der Waals surface area contributed by atoms with Crippen molar-refractivity contribution in [2.45, 2.75) is 5.33 Å². The molecule has 0 unspecified atom stereocenters. The number of halogens is 2. The summed E-state index contributed by atoms with van der Waals surface area (Å²) in [6.07, 6.45) is 0. The lowest BCUT2D eigenvalue weighted by atomic mass is 10.1. The largest absolute Gasteiger partial charge is 0.465 e. The molecule has 1 aromatic rings. The highest BCUT2D eigenvalue weighted by molar-refractivity contribution is 9.10. The molecular formula is C10H7Br2NO2. The van der Waals surface area contributed by atoms with E-state index in [0.717, 1.165) is 10.0 Å². The molecule has 1 rings (SSSR count). The van der Waals surface area contributed by atoms with Crippen LogP contribution in [0.3, 0.4) is 0 Å². The Balaban J connectivity index is 3.35. The lowest BCUT2D eigenvalue weighted by molar-refractivity contribution is 0.0600. The van der Waals surface area contributed by atoms with Crippen LogP contribution in [0.5, 0.6) is 0 Å². The fourth-order valence-electron chi connectivity index (χ4n) is 1.09. The predicted molar refractivity (Wildman–Crippen MR) is 62.8 cm³/mol. The van der Waals surface area contributed by atoms with E-state index >= 15 is 0 Å². The zero-order chi connectivity index (χ0) is 11.4. The van der Waals surface area contributed by atoms with Crippen molar-refractivity contribution in [3.63, 3.8) is 0 Å². The molecule has 0 saturated carbocycles. The summed E-state index contributed by atoms with van der Waals surface area (Å²) in [6, 6.07) is 5.23. The fourth-order valence-corrected chi connectivity index (χ4v) is 2.42. The summed E-state index contributed by atoms with van der Waals surface area (Å²) in [5.74, 6) is -0.506. The van der Waals surface area contributed by atoms with Crippen molar-refractivity contribution in [2.75, 3.05) is 7.11 Å². The van der Waals surface area contributed by atoms with Crippen LogP contribution < -0.4 is 0 Å². The summed E-state index contributed by atoms with van der Waals surface area (Å²) >= 11 is 6.62. The molecule has 0 aliphatic heterocycles. The van der Waals surface area contributed by atoms with Gasteiger partial charge in [0.05, 0.1) is 18.2 Å². The van der Waals surface area contributed by atoms with Crippen LogP contribution in [-0.2, 0) is 10.1 Å². The van der Waals surface area contributed by atoms with E-state index in [0.29, 0.717) is 10.9 Å². The SMILES string of the molecule is COC(=O)c1cc(Br)c(CBr)cc1C#N. The number of carbonyl (C=O) groups is 1. The van der Waals surface area contributed by atoms with Crippen molar-refractivity contribution in [2.24, 2.45) is 0 Å². The molecule has 0 aromatic heterocycles. The summed E-state index contributed by atoms with van der Waals surface area (Å²) in [7, 11) is 1.29. The van der Waals surface area contributed by atoms with Crippen LogP contribution in [0.1, 0.15) is 21.5 Å². The number of esters is 1. The number of nitrogens with zero attached hydrogens (tertiary/aromatic N) is 1. The molecule has 0 heterocycles. The quantitative estimate of drug-likeness (QED) is 0.618. The Morgan fingerprint density at radius 1 is 1.60 bits per heavy atom. The maximum absolute atomic E-state index is 11.3. The van der Waals surface area contributed by atoms with Crippen LogP contribution in [0.25, 0.3) is 0 Å². The first-order valence-corrected chi connectivity index (χ1v) is 5.92. The Hall–Kier alpha value is -0.860. The molecule has 0 saturated heterocycles. The normalized spacial score (nSPS) is 9.47. The third kappa shape index (κ3) is 2.58. The second-order valence-corrected chi connectivity index (χ2v) is 4.14. The molecule has 0 aliphatic rings. The molecule has 0 aliphatic carbocycles. The maximum atomic E-state index is 11.3. The Labute approximate surface area is 104 Å². The van der Waals surface area contributed by atoms with Gasteiger partial charge in [-0.05, 0) is 17.7 Å². The summed E-state index contributed by atoms with van der Waals surface area (Å²) in [5.41, 5.74) is 1.51. The van der Waals surface area contributed by atoms with Crippen molar-refractivity contribution in [1.29, 1.82) is 5.26 Å². The van der Waals surface area contributed by atoms with E-state index in [4.69, 9.17) is 5.26 Å². The number of methoxy groups -OCH3 is 1. The highest BCUT2D eigenvalue weighted by atomic mass is 79.9. The molecular weight excluding hydrogens is 326 g/mol. The Bertz CT molecular complexity index is 438. The topological polar surface area (TPSA) is 50.1 Å². The molecule has 0 atom stereocenters. The number of carbonyl (C=O) groups excluding carboxylic acids is 1. The minimum Gasteiger partial charge on any atom is -0.465 e. The van der Waals surface area contributed by atoms with Crippen LogP contribution >= 0.6 is 31.9 Å². The average Bonchev–Trinajstić information content (AvgIpc) is 2.27. The molecule has 0 amide bonds. The first-order valence-electron chi connectivity index (χ1n) is 4.00. The molecule has 0 fully saturated rings. The molecule has 5 heteroatoms. The zero-order valence-electron chi connectivity index (χ0n) is 7.88. The molecule has 78 valence electrons. The van der Waals surface area contributed by atoms with Gasteiger partial charge in [0.25, 0.3) is 0 Å². The lowest BCUT2D eigenvalue weighted by Gasteiger charge is -2.06. The van der Waals surface area contributed by atoms with Crippen molar-refractivity contribution in [1.82, 2.24) is 0 Å². The van der Waals surface area contributed by atoms with Gasteiger partial charge in [0, 0.05) is 9.80 Å². The smallest absolute Gasteiger partial charge is 0.339 e. The van der Waals surface area contributed by atoms with E-state index in [2.05, 4.69) is 36.6 Å². The Morgan fingerprint density at radius 3 is 2.73 bits per heavy atom. The highest BCUT2D eigenvalue weighted by Gasteiger charge is 2.14. The van der Waals surface area contributed by atoms with Gasteiger partial charge in [-0.25, -0.2) is 4.79 Å². The zero-order valence-corrected chi connectivity index (χ0v) is 11.1. The number of ether oxygens (including phenoxy) is 1. The monoisotopic (exact) mass is 331 g/mol. The summed E-state index contributed by atoms with van der Waals surface area (Å²) in [5, 5.41) is 9.50. The van der Waals surface area contributed by atoms with Crippen molar-refractivity contribution < 1.29 is 9.53 Å². The molecule has 0 bridgehead atoms. The van der Waals surface area contributed by atoms with Crippen LogP contribution in [0, 0.1) is 11.3 Å². The van der Waals surface area contributed by atoms with Crippen molar-refractivity contribution in [3.05, 3.63) is 33.3 Å². The van der Waals surface area contributed by atoms with E-state index in [1.807, 2.05) is 6.07 Å². The fraction of sp³-hybridized carbons (Fsp3) is 0.200. The second-order valence-electron chi connectivity index (χ2n) is 2.73. The van der Waals surface area contributed by atoms with E-state index in [-0.39, 0.29) is 5.56 Å². The number of alkyl halides is 1. The van der Waals surface area contributed by atoms with Crippen LogP contribution in [0.2, 0.25) is 0 Å². The van der Waals surface area contributed by atoms with Gasteiger partial charge in [0.1, 0.15) is 6.07 Å². The van der Waals surface area contributed by atoms with Gasteiger partial charge in [0.2, 0.25) is 0 Å². The van der Waals surface area contributed by atoms with Crippen molar-refractivity contribution in [3.8, 4) is 6.07 Å².